The van der Waals surface area contributed by atoms with Crippen LogP contribution >= 0.6 is 0 Å². The fraction of sp³-hybridized carbons (Fsp3) is 0.240. The fourth-order valence-electron chi connectivity index (χ4n) is 8.90. The van der Waals surface area contributed by atoms with E-state index >= 15 is 0 Å². The summed E-state index contributed by atoms with van der Waals surface area (Å²) < 4.78 is 26.3. The van der Waals surface area contributed by atoms with Gasteiger partial charge in [-0.25, -0.2) is 4.79 Å². The van der Waals surface area contributed by atoms with Crippen LogP contribution in [0.25, 0.3) is 10.4 Å². The fourth-order valence-corrected chi connectivity index (χ4v) is 8.90. The van der Waals surface area contributed by atoms with Gasteiger partial charge in [0.15, 0.2) is 5.72 Å². The van der Waals surface area contributed by atoms with Crippen molar-refractivity contribution < 1.29 is 18.9 Å². The Bertz CT molecular complexity index is 2540. The predicted molar refractivity (Wildman–Crippen MR) is 236 cm³/mol. The van der Waals surface area contributed by atoms with Crippen molar-refractivity contribution in [2.45, 2.75) is 42.9 Å². The minimum Gasteiger partial charge on any atom is -0.497 e. The van der Waals surface area contributed by atoms with Gasteiger partial charge in [-0.2, -0.15) is 4.98 Å². The molecule has 1 aliphatic carbocycles. The molecule has 0 amide bonds. The number of methoxy groups -OCH3 is 2. The zero-order valence-corrected chi connectivity index (χ0v) is 34.4. The minimum atomic E-state index is -1.46. The van der Waals surface area contributed by atoms with Gasteiger partial charge in [0, 0.05) is 22.9 Å². The highest BCUT2D eigenvalue weighted by molar-refractivity contribution is 5.53. The number of azide groups is 1. The average molecular weight is 813 g/mol. The first-order valence-electron chi connectivity index (χ1n) is 20.4. The van der Waals surface area contributed by atoms with Crippen LogP contribution in [0.15, 0.2) is 186 Å². The number of hydrogen-bond acceptors (Lipinski definition) is 8. The SMILES string of the molecule is COc1ccc(C(OC[C@]2(N=[N+]=[N-])C[C@H](C)[C@H](n3ccc(NC(c4ccccc4)(c4ccc(OC)cc4)C4C=CC=CC4)nc3=O)O2)(c2ccccc2)c2ccccc2)cc1. The minimum absolute atomic E-state index is 0.0306. The Hall–Kier alpha value is -6.91. The van der Waals surface area contributed by atoms with Crippen molar-refractivity contribution in [3.63, 3.8) is 0 Å². The summed E-state index contributed by atoms with van der Waals surface area (Å²) in [5.74, 6) is 1.55. The zero-order chi connectivity index (χ0) is 42.3. The van der Waals surface area contributed by atoms with Gasteiger partial charge in [-0.1, -0.05) is 152 Å². The predicted octanol–water partition coefficient (Wildman–Crippen LogP) is 10.3. The quantitative estimate of drug-likeness (QED) is 0.0472. The first-order valence-corrected chi connectivity index (χ1v) is 20.4. The highest BCUT2D eigenvalue weighted by atomic mass is 16.6. The Morgan fingerprint density at radius 3 is 1.85 bits per heavy atom. The molecular weight excluding hydrogens is 765 g/mol. The summed E-state index contributed by atoms with van der Waals surface area (Å²) in [7, 11) is 3.28. The van der Waals surface area contributed by atoms with Gasteiger partial charge >= 0.3 is 5.69 Å². The molecule has 1 fully saturated rings. The molecule has 0 bridgehead atoms. The number of aromatic nitrogens is 2. The van der Waals surface area contributed by atoms with E-state index < -0.39 is 28.8 Å². The molecule has 2 unspecified atom stereocenters. The number of allylic oxidation sites excluding steroid dienone is 3. The summed E-state index contributed by atoms with van der Waals surface area (Å²) in [6.07, 6.45) is 10.4. The molecule has 5 atom stereocenters. The number of rotatable bonds is 15. The molecule has 2 heterocycles. The third kappa shape index (κ3) is 7.94. The molecule has 0 saturated carbocycles. The number of anilines is 1. The van der Waals surface area contributed by atoms with Crippen molar-refractivity contribution in [2.24, 2.45) is 17.0 Å². The second kappa shape index (κ2) is 17.7. The number of benzene rings is 5. The van der Waals surface area contributed by atoms with Gasteiger partial charge in [0.05, 0.1) is 26.4 Å². The molecule has 11 heteroatoms. The van der Waals surface area contributed by atoms with E-state index in [1.54, 1.807) is 26.5 Å². The van der Waals surface area contributed by atoms with Crippen LogP contribution in [0.1, 0.15) is 53.8 Å². The maximum absolute atomic E-state index is 14.2. The molecule has 0 radical (unpaired) electrons. The molecule has 5 aromatic carbocycles. The standard InChI is InChI=1S/C50H48N6O5/c1-36-34-48(54-55-51,35-60-50(40-20-12-6-13-21-40,41-22-14-7-15-23-41)42-26-30-44(59-3)31-27-42)61-46(36)56-33-32-45(52-47(56)57)53-49(37-16-8-4-9-17-37,38-18-10-5-11-19-38)39-24-28-43(58-2)29-25-39/h4-18,20-33,36,38,46H,19,34-35H2,1-3H3,(H,52,53,57)/t36-,38?,46+,48-,49?/m0/s1. The summed E-state index contributed by atoms with van der Waals surface area (Å²) in [6, 6.07) is 47.6. The van der Waals surface area contributed by atoms with Crippen LogP contribution in [0.4, 0.5) is 5.82 Å². The maximum Gasteiger partial charge on any atom is 0.351 e. The number of nitrogens with one attached hydrogen (secondary N) is 1. The molecule has 6 aromatic rings. The average Bonchev–Trinajstić information content (AvgIpc) is 3.65. The van der Waals surface area contributed by atoms with Gasteiger partial charge in [0.1, 0.15) is 29.1 Å². The Labute approximate surface area is 355 Å². The van der Waals surface area contributed by atoms with E-state index in [2.05, 4.69) is 62.8 Å². The first kappa shape index (κ1) is 40.9. The molecule has 61 heavy (non-hydrogen) atoms. The van der Waals surface area contributed by atoms with Crippen LogP contribution < -0.4 is 20.5 Å². The Kier molecular flexibility index (Phi) is 11.9. The lowest BCUT2D eigenvalue weighted by atomic mass is 9.70. The van der Waals surface area contributed by atoms with Crippen LogP contribution in [0.5, 0.6) is 11.5 Å². The smallest absolute Gasteiger partial charge is 0.351 e. The van der Waals surface area contributed by atoms with Gasteiger partial charge in [-0.05, 0) is 76.5 Å². The van der Waals surface area contributed by atoms with Crippen molar-refractivity contribution in [1.29, 1.82) is 0 Å². The van der Waals surface area contributed by atoms with E-state index in [1.165, 1.54) is 4.57 Å². The lowest BCUT2D eigenvalue weighted by molar-refractivity contribution is -0.136. The molecular formula is C50H48N6O5. The van der Waals surface area contributed by atoms with Crippen molar-refractivity contribution in [3.05, 3.63) is 225 Å². The summed E-state index contributed by atoms with van der Waals surface area (Å²) in [5.41, 5.74) is 10.7. The molecule has 8 rings (SSSR count). The zero-order valence-electron chi connectivity index (χ0n) is 34.4. The van der Waals surface area contributed by atoms with Crippen LogP contribution in [-0.4, -0.2) is 36.1 Å². The number of nitrogens with zero attached hydrogens (tertiary/aromatic N) is 5. The van der Waals surface area contributed by atoms with Gasteiger partial charge in [-0.3, -0.25) is 4.57 Å². The topological polar surface area (TPSA) is 133 Å². The second-order valence-corrected chi connectivity index (χ2v) is 15.4. The Balaban J connectivity index is 1.14. The molecule has 1 saturated heterocycles. The van der Waals surface area contributed by atoms with Crippen LogP contribution in [-0.2, 0) is 20.6 Å². The van der Waals surface area contributed by atoms with Crippen molar-refractivity contribution >= 4 is 5.82 Å². The highest BCUT2D eigenvalue weighted by Crippen LogP contribution is 2.47. The van der Waals surface area contributed by atoms with Crippen molar-refractivity contribution in [2.75, 3.05) is 26.1 Å². The van der Waals surface area contributed by atoms with E-state index in [0.717, 1.165) is 40.0 Å². The van der Waals surface area contributed by atoms with E-state index in [1.807, 2.05) is 128 Å². The number of hydrogen-bond donors (Lipinski definition) is 1. The highest BCUT2D eigenvalue weighted by Gasteiger charge is 2.49. The van der Waals surface area contributed by atoms with Gasteiger partial charge in [0.2, 0.25) is 0 Å². The van der Waals surface area contributed by atoms with Crippen molar-refractivity contribution in [1.82, 2.24) is 9.55 Å². The molecule has 11 nitrogen and oxygen atoms in total. The molecule has 1 aliphatic heterocycles. The maximum atomic E-state index is 14.2. The van der Waals surface area contributed by atoms with Crippen LogP contribution in [0, 0.1) is 11.8 Å². The Morgan fingerprint density at radius 1 is 0.787 bits per heavy atom. The largest absolute Gasteiger partial charge is 0.497 e. The van der Waals surface area contributed by atoms with E-state index in [9.17, 15) is 10.3 Å². The van der Waals surface area contributed by atoms with Crippen LogP contribution in [0.2, 0.25) is 0 Å². The van der Waals surface area contributed by atoms with E-state index in [0.29, 0.717) is 11.6 Å². The van der Waals surface area contributed by atoms with E-state index in [-0.39, 0.29) is 24.9 Å². The van der Waals surface area contributed by atoms with Gasteiger partial charge in [-0.15, -0.1) is 0 Å². The van der Waals surface area contributed by atoms with E-state index in [4.69, 9.17) is 18.9 Å². The Morgan fingerprint density at radius 2 is 1.33 bits per heavy atom. The lowest BCUT2D eigenvalue weighted by Crippen LogP contribution is -2.44. The molecule has 1 aromatic heterocycles. The lowest BCUT2D eigenvalue weighted by Gasteiger charge is -2.42. The third-order valence-electron chi connectivity index (χ3n) is 11.8. The van der Waals surface area contributed by atoms with Crippen molar-refractivity contribution in [3.8, 4) is 11.5 Å². The summed E-state index contributed by atoms with van der Waals surface area (Å²) in [5, 5.41) is 8.01. The summed E-state index contributed by atoms with van der Waals surface area (Å²) >= 11 is 0. The molecule has 308 valence electrons. The second-order valence-electron chi connectivity index (χ2n) is 15.4. The number of ether oxygens (including phenoxy) is 4. The first-order chi connectivity index (χ1) is 29.8. The van der Waals surface area contributed by atoms with Crippen LogP contribution in [0.3, 0.4) is 0 Å². The third-order valence-corrected chi connectivity index (χ3v) is 11.8. The summed E-state index contributed by atoms with van der Waals surface area (Å²) in [4.78, 5) is 22.1. The normalized spacial score (nSPS) is 20.6. The molecule has 1 N–H and O–H groups in total. The monoisotopic (exact) mass is 812 g/mol. The van der Waals surface area contributed by atoms with Gasteiger partial charge in [0.25, 0.3) is 0 Å². The molecule has 2 aliphatic rings. The van der Waals surface area contributed by atoms with Gasteiger partial charge < -0.3 is 24.3 Å². The summed E-state index contributed by atoms with van der Waals surface area (Å²) in [6.45, 7) is 1.84. The molecule has 0 spiro atoms.